The molecule has 0 bridgehead atoms. The van der Waals surface area contributed by atoms with E-state index in [0.717, 1.165) is 32.5 Å². The standard InChI is InChI=1S/C16H21ClF2N2O/c17-14-4-1-5-20-15(14)22-11-12-3-2-6-21(9-12)10-13-7-16(18,19)8-13/h1,4-5,12-13H,2-3,6-11H2. The van der Waals surface area contributed by atoms with E-state index in [4.69, 9.17) is 16.3 Å². The van der Waals surface area contributed by atoms with Crippen LogP contribution in [-0.4, -0.2) is 42.0 Å². The maximum absolute atomic E-state index is 12.9. The van der Waals surface area contributed by atoms with Crippen LogP contribution in [0.4, 0.5) is 8.78 Å². The number of rotatable bonds is 5. The summed E-state index contributed by atoms with van der Waals surface area (Å²) >= 11 is 6.02. The molecule has 1 unspecified atom stereocenters. The van der Waals surface area contributed by atoms with Crippen molar-refractivity contribution < 1.29 is 13.5 Å². The Balaban J connectivity index is 1.44. The number of alkyl halides is 2. The summed E-state index contributed by atoms with van der Waals surface area (Å²) in [5.41, 5.74) is 0. The summed E-state index contributed by atoms with van der Waals surface area (Å²) in [6.07, 6.45) is 3.95. The van der Waals surface area contributed by atoms with Crippen LogP contribution in [-0.2, 0) is 0 Å². The molecule has 1 saturated carbocycles. The van der Waals surface area contributed by atoms with E-state index >= 15 is 0 Å². The zero-order valence-electron chi connectivity index (χ0n) is 12.5. The van der Waals surface area contributed by atoms with Crippen molar-refractivity contribution in [3.63, 3.8) is 0 Å². The Hall–Kier alpha value is -0.940. The lowest BCUT2D eigenvalue weighted by Gasteiger charge is -2.40. The Kier molecular flexibility index (Phi) is 4.83. The maximum atomic E-state index is 12.9. The Morgan fingerprint density at radius 1 is 1.36 bits per heavy atom. The van der Waals surface area contributed by atoms with Gasteiger partial charge in [-0.1, -0.05) is 11.6 Å². The third-order valence-corrected chi connectivity index (χ3v) is 4.76. The molecule has 1 aromatic heterocycles. The van der Waals surface area contributed by atoms with E-state index in [-0.39, 0.29) is 18.8 Å². The number of halogens is 3. The van der Waals surface area contributed by atoms with Gasteiger partial charge in [0.15, 0.2) is 0 Å². The van der Waals surface area contributed by atoms with Gasteiger partial charge < -0.3 is 9.64 Å². The number of likely N-dealkylation sites (tertiary alicyclic amines) is 1. The van der Waals surface area contributed by atoms with Crippen molar-refractivity contribution in [1.82, 2.24) is 9.88 Å². The molecular formula is C16H21ClF2N2O. The Morgan fingerprint density at radius 3 is 2.91 bits per heavy atom. The molecule has 1 aromatic rings. The van der Waals surface area contributed by atoms with Crippen LogP contribution in [0.5, 0.6) is 5.88 Å². The molecule has 122 valence electrons. The van der Waals surface area contributed by atoms with Crippen LogP contribution in [0.2, 0.25) is 5.02 Å². The average molecular weight is 331 g/mol. The molecule has 1 atom stereocenters. The first-order valence-electron chi connectivity index (χ1n) is 7.85. The largest absolute Gasteiger partial charge is 0.476 e. The topological polar surface area (TPSA) is 25.4 Å². The molecule has 0 N–H and O–H groups in total. The minimum atomic E-state index is -2.42. The van der Waals surface area contributed by atoms with E-state index in [0.29, 0.717) is 23.4 Å². The number of ether oxygens (including phenoxy) is 1. The monoisotopic (exact) mass is 330 g/mol. The summed E-state index contributed by atoms with van der Waals surface area (Å²) in [4.78, 5) is 6.42. The van der Waals surface area contributed by atoms with E-state index < -0.39 is 5.92 Å². The average Bonchev–Trinajstić information content (AvgIpc) is 2.45. The molecule has 2 fully saturated rings. The zero-order chi connectivity index (χ0) is 15.6. The second-order valence-electron chi connectivity index (χ2n) is 6.50. The van der Waals surface area contributed by atoms with Crippen LogP contribution in [0.15, 0.2) is 18.3 Å². The molecule has 0 spiro atoms. The van der Waals surface area contributed by atoms with Crippen molar-refractivity contribution >= 4 is 11.6 Å². The van der Waals surface area contributed by atoms with E-state index in [1.807, 2.05) is 0 Å². The molecule has 1 saturated heterocycles. The minimum Gasteiger partial charge on any atom is -0.476 e. The van der Waals surface area contributed by atoms with Gasteiger partial charge in [-0.05, 0) is 37.4 Å². The lowest BCUT2D eigenvalue weighted by molar-refractivity contribution is -0.118. The third-order valence-electron chi connectivity index (χ3n) is 4.47. The van der Waals surface area contributed by atoms with Gasteiger partial charge in [0.05, 0.1) is 6.61 Å². The second-order valence-corrected chi connectivity index (χ2v) is 6.91. The third kappa shape index (κ3) is 4.07. The van der Waals surface area contributed by atoms with Gasteiger partial charge in [0.25, 0.3) is 0 Å². The van der Waals surface area contributed by atoms with E-state index in [9.17, 15) is 8.78 Å². The summed E-state index contributed by atoms with van der Waals surface area (Å²) in [6.45, 7) is 3.28. The minimum absolute atomic E-state index is 0.0498. The van der Waals surface area contributed by atoms with Gasteiger partial charge in [-0.3, -0.25) is 0 Å². The first-order valence-corrected chi connectivity index (χ1v) is 8.23. The highest BCUT2D eigenvalue weighted by Gasteiger charge is 2.45. The van der Waals surface area contributed by atoms with Gasteiger partial charge >= 0.3 is 0 Å². The molecule has 2 heterocycles. The van der Waals surface area contributed by atoms with Crippen molar-refractivity contribution in [2.75, 3.05) is 26.2 Å². The van der Waals surface area contributed by atoms with Crippen molar-refractivity contribution in [3.8, 4) is 5.88 Å². The van der Waals surface area contributed by atoms with Crippen LogP contribution in [0.25, 0.3) is 0 Å². The molecule has 3 nitrogen and oxygen atoms in total. The molecular weight excluding hydrogens is 310 g/mol. The number of aromatic nitrogens is 1. The molecule has 0 aromatic carbocycles. The molecule has 6 heteroatoms. The maximum Gasteiger partial charge on any atom is 0.248 e. The molecule has 1 aliphatic carbocycles. The summed E-state index contributed by atoms with van der Waals surface area (Å²) in [7, 11) is 0. The van der Waals surface area contributed by atoms with Gasteiger partial charge in [-0.25, -0.2) is 13.8 Å². The fraction of sp³-hybridized carbons (Fsp3) is 0.688. The van der Waals surface area contributed by atoms with Crippen molar-refractivity contribution in [2.45, 2.75) is 31.6 Å². The van der Waals surface area contributed by atoms with Crippen LogP contribution < -0.4 is 4.74 Å². The Morgan fingerprint density at radius 2 is 2.18 bits per heavy atom. The summed E-state index contributed by atoms with van der Waals surface area (Å²) < 4.78 is 31.5. The number of nitrogens with zero attached hydrogens (tertiary/aromatic N) is 2. The normalized spacial score (nSPS) is 25.7. The highest BCUT2D eigenvalue weighted by atomic mass is 35.5. The van der Waals surface area contributed by atoms with Crippen LogP contribution >= 0.6 is 11.6 Å². The van der Waals surface area contributed by atoms with Crippen molar-refractivity contribution in [2.24, 2.45) is 11.8 Å². The molecule has 0 radical (unpaired) electrons. The smallest absolute Gasteiger partial charge is 0.248 e. The number of hydrogen-bond donors (Lipinski definition) is 0. The lowest BCUT2D eigenvalue weighted by Crippen LogP contribution is -2.46. The quantitative estimate of drug-likeness (QED) is 0.819. The van der Waals surface area contributed by atoms with Gasteiger partial charge in [0.2, 0.25) is 11.8 Å². The van der Waals surface area contributed by atoms with E-state index in [1.54, 1.807) is 18.3 Å². The highest BCUT2D eigenvalue weighted by Crippen LogP contribution is 2.42. The number of pyridine rings is 1. The van der Waals surface area contributed by atoms with Crippen LogP contribution in [0.3, 0.4) is 0 Å². The van der Waals surface area contributed by atoms with Crippen LogP contribution in [0.1, 0.15) is 25.7 Å². The summed E-state index contributed by atoms with van der Waals surface area (Å²) in [6, 6.07) is 3.53. The van der Waals surface area contributed by atoms with Gasteiger partial charge in [-0.2, -0.15) is 0 Å². The lowest BCUT2D eigenvalue weighted by atomic mass is 9.80. The molecule has 0 amide bonds. The van der Waals surface area contributed by atoms with E-state index in [1.165, 1.54) is 0 Å². The Bertz CT molecular complexity index is 507. The predicted octanol–water partition coefficient (Wildman–Crippen LogP) is 3.87. The fourth-order valence-electron chi connectivity index (χ4n) is 3.41. The molecule has 3 rings (SSSR count). The van der Waals surface area contributed by atoms with Gasteiger partial charge in [0.1, 0.15) is 5.02 Å². The van der Waals surface area contributed by atoms with Gasteiger partial charge in [-0.15, -0.1) is 0 Å². The van der Waals surface area contributed by atoms with Gasteiger partial charge in [0, 0.05) is 38.0 Å². The first kappa shape index (κ1) is 15.9. The SMILES string of the molecule is FC1(F)CC(CN2CCCC(COc3ncccc3Cl)C2)C1. The second kappa shape index (κ2) is 6.67. The Labute approximate surface area is 134 Å². The van der Waals surface area contributed by atoms with Crippen molar-refractivity contribution in [3.05, 3.63) is 23.4 Å². The van der Waals surface area contributed by atoms with E-state index in [2.05, 4.69) is 9.88 Å². The van der Waals surface area contributed by atoms with Crippen LogP contribution in [0, 0.1) is 11.8 Å². The summed E-state index contributed by atoms with van der Waals surface area (Å²) in [5, 5.41) is 0.520. The number of piperidine rings is 1. The molecule has 1 aliphatic heterocycles. The molecule has 2 aliphatic rings. The highest BCUT2D eigenvalue weighted by molar-refractivity contribution is 6.31. The predicted molar refractivity (Wildman–Crippen MR) is 81.6 cm³/mol. The summed E-state index contributed by atoms with van der Waals surface area (Å²) in [5.74, 6) is -1.38. The van der Waals surface area contributed by atoms with Crippen molar-refractivity contribution in [1.29, 1.82) is 0 Å². The fourth-order valence-corrected chi connectivity index (χ4v) is 3.58. The first-order chi connectivity index (χ1) is 10.5. The molecule has 22 heavy (non-hydrogen) atoms. The number of hydrogen-bond acceptors (Lipinski definition) is 3. The zero-order valence-corrected chi connectivity index (χ0v) is 13.2.